The van der Waals surface area contributed by atoms with Crippen LogP contribution in [0.1, 0.15) is 41.6 Å². The summed E-state index contributed by atoms with van der Waals surface area (Å²) < 4.78 is 0. The van der Waals surface area contributed by atoms with E-state index < -0.39 is 0 Å². The zero-order valence-corrected chi connectivity index (χ0v) is 20.4. The lowest BCUT2D eigenvalue weighted by atomic mass is 10.0. The summed E-state index contributed by atoms with van der Waals surface area (Å²) in [5.74, 6) is 0.0185. The van der Waals surface area contributed by atoms with Gasteiger partial charge in [0.15, 0.2) is 0 Å². The summed E-state index contributed by atoms with van der Waals surface area (Å²) >= 11 is 0. The number of likely N-dealkylation sites (tertiary alicyclic amines) is 3. The smallest absolute Gasteiger partial charge is 0.320 e. The summed E-state index contributed by atoms with van der Waals surface area (Å²) in [6, 6.07) is 17.0. The van der Waals surface area contributed by atoms with Gasteiger partial charge >= 0.3 is 6.03 Å². The Bertz CT molecular complexity index is 1010. The molecule has 0 bridgehead atoms. The van der Waals surface area contributed by atoms with Gasteiger partial charge in [-0.1, -0.05) is 42.0 Å². The van der Waals surface area contributed by atoms with Crippen LogP contribution in [0.2, 0.25) is 0 Å². The Morgan fingerprint density at radius 1 is 0.794 bits per heavy atom. The number of nitrogens with zero attached hydrogens (tertiary/aromatic N) is 4. The van der Waals surface area contributed by atoms with Crippen molar-refractivity contribution in [1.82, 2.24) is 19.6 Å². The second-order valence-corrected chi connectivity index (χ2v) is 10.2. The number of carbonyl (C=O) groups is 2. The van der Waals surface area contributed by atoms with E-state index in [0.29, 0.717) is 18.2 Å². The maximum absolute atomic E-state index is 13.2. The number of likely N-dealkylation sites (N-methyl/N-ethyl adjacent to an activating group) is 1. The average Bonchev–Trinajstić information content (AvgIpc) is 3.64. The second-order valence-electron chi connectivity index (χ2n) is 10.2. The van der Waals surface area contributed by atoms with Crippen molar-refractivity contribution in [2.24, 2.45) is 0 Å². The molecule has 3 heterocycles. The quantitative estimate of drug-likeness (QED) is 0.690. The second kappa shape index (κ2) is 9.79. The van der Waals surface area contributed by atoms with Gasteiger partial charge in [-0.3, -0.25) is 9.69 Å². The topological polar surface area (TPSA) is 47.1 Å². The van der Waals surface area contributed by atoms with Gasteiger partial charge in [0.25, 0.3) is 5.91 Å². The van der Waals surface area contributed by atoms with E-state index in [4.69, 9.17) is 0 Å². The van der Waals surface area contributed by atoms with Gasteiger partial charge < -0.3 is 14.7 Å². The van der Waals surface area contributed by atoms with Gasteiger partial charge in [-0.15, -0.1) is 0 Å². The van der Waals surface area contributed by atoms with Gasteiger partial charge in [-0.05, 0) is 69.0 Å². The van der Waals surface area contributed by atoms with Crippen LogP contribution in [0.15, 0.2) is 48.5 Å². The van der Waals surface area contributed by atoms with Crippen LogP contribution >= 0.6 is 0 Å². The van der Waals surface area contributed by atoms with Crippen LogP contribution in [0.25, 0.3) is 11.1 Å². The van der Waals surface area contributed by atoms with Gasteiger partial charge in [0, 0.05) is 44.8 Å². The fourth-order valence-corrected chi connectivity index (χ4v) is 5.67. The fraction of sp³-hybridized carbons (Fsp3) is 0.500. The van der Waals surface area contributed by atoms with Crippen LogP contribution in [0, 0.1) is 6.92 Å². The van der Waals surface area contributed by atoms with Crippen LogP contribution in [0.5, 0.6) is 0 Å². The van der Waals surface area contributed by atoms with E-state index in [2.05, 4.69) is 36.1 Å². The average molecular weight is 461 g/mol. The van der Waals surface area contributed by atoms with Gasteiger partial charge in [0.05, 0.1) is 6.04 Å². The van der Waals surface area contributed by atoms with Crippen LogP contribution in [0.4, 0.5) is 4.79 Å². The van der Waals surface area contributed by atoms with Crippen molar-refractivity contribution in [2.45, 2.75) is 44.7 Å². The first-order valence-electron chi connectivity index (χ1n) is 12.7. The highest BCUT2D eigenvalue weighted by Crippen LogP contribution is 2.25. The van der Waals surface area contributed by atoms with E-state index in [0.717, 1.165) is 43.6 Å². The van der Waals surface area contributed by atoms with E-state index in [1.54, 1.807) is 0 Å². The Hall–Kier alpha value is -2.86. The minimum absolute atomic E-state index is 0.0185. The van der Waals surface area contributed by atoms with E-state index >= 15 is 0 Å². The molecule has 6 nitrogen and oxygen atoms in total. The first-order valence-corrected chi connectivity index (χ1v) is 12.7. The van der Waals surface area contributed by atoms with Crippen molar-refractivity contribution < 1.29 is 9.59 Å². The third kappa shape index (κ3) is 4.69. The molecule has 0 saturated carbocycles. The zero-order chi connectivity index (χ0) is 23.7. The normalized spacial score (nSPS) is 23.0. The Balaban J connectivity index is 1.16. The van der Waals surface area contributed by atoms with E-state index in [1.165, 1.54) is 31.5 Å². The molecule has 2 aromatic rings. The molecule has 3 saturated heterocycles. The van der Waals surface area contributed by atoms with Crippen LogP contribution in [-0.4, -0.2) is 89.9 Å². The Labute approximate surface area is 203 Å². The third-order valence-electron chi connectivity index (χ3n) is 7.91. The lowest BCUT2D eigenvalue weighted by molar-refractivity contribution is 0.0735. The molecule has 5 rings (SSSR count). The predicted molar refractivity (Wildman–Crippen MR) is 135 cm³/mol. The minimum Gasteiger partial charge on any atom is -0.337 e. The molecule has 2 atom stereocenters. The highest BCUT2D eigenvalue weighted by molar-refractivity contribution is 5.95. The SMILES string of the molecule is Cc1ccc(-c2ccc(C(=O)N(C)C3CCN(C(=O)N4CCC(N5CCCC5)C4)C3)cc2)cc1. The molecule has 0 spiro atoms. The van der Waals surface area contributed by atoms with Gasteiger partial charge in [-0.2, -0.15) is 0 Å². The summed E-state index contributed by atoms with van der Waals surface area (Å²) in [7, 11) is 1.87. The Morgan fingerprint density at radius 3 is 2.06 bits per heavy atom. The number of carbonyl (C=O) groups excluding carboxylic acids is 2. The van der Waals surface area contributed by atoms with Crippen molar-refractivity contribution in [3.63, 3.8) is 0 Å². The van der Waals surface area contributed by atoms with Gasteiger partial charge in [0.2, 0.25) is 0 Å². The molecular weight excluding hydrogens is 424 g/mol. The fourth-order valence-electron chi connectivity index (χ4n) is 5.67. The lowest BCUT2D eigenvalue weighted by Gasteiger charge is -2.28. The molecule has 3 aliphatic heterocycles. The Kier molecular flexibility index (Phi) is 6.59. The molecular formula is C28H36N4O2. The van der Waals surface area contributed by atoms with Crippen LogP contribution < -0.4 is 0 Å². The highest BCUT2D eigenvalue weighted by Gasteiger charge is 2.37. The third-order valence-corrected chi connectivity index (χ3v) is 7.91. The van der Waals surface area contributed by atoms with Crippen molar-refractivity contribution in [2.75, 3.05) is 46.3 Å². The molecule has 3 amide bonds. The monoisotopic (exact) mass is 460 g/mol. The summed E-state index contributed by atoms with van der Waals surface area (Å²) in [5, 5.41) is 0. The van der Waals surface area contributed by atoms with E-state index in [9.17, 15) is 9.59 Å². The van der Waals surface area contributed by atoms with Gasteiger partial charge in [-0.25, -0.2) is 4.79 Å². The predicted octanol–water partition coefficient (Wildman–Crippen LogP) is 4.10. The summed E-state index contributed by atoms with van der Waals surface area (Å²) in [6.45, 7) is 7.47. The number of urea groups is 1. The number of amides is 3. The molecule has 0 N–H and O–H groups in total. The first kappa shape index (κ1) is 22.9. The summed E-state index contributed by atoms with van der Waals surface area (Å²) in [6.07, 6.45) is 4.49. The number of hydrogen-bond acceptors (Lipinski definition) is 3. The number of benzene rings is 2. The minimum atomic E-state index is 0.0185. The van der Waals surface area contributed by atoms with Crippen LogP contribution in [-0.2, 0) is 0 Å². The van der Waals surface area contributed by atoms with Crippen molar-refractivity contribution in [3.05, 3.63) is 59.7 Å². The Morgan fingerprint density at radius 2 is 1.38 bits per heavy atom. The molecule has 2 unspecified atom stereocenters. The largest absolute Gasteiger partial charge is 0.337 e. The van der Waals surface area contributed by atoms with Crippen molar-refractivity contribution in [1.29, 1.82) is 0 Å². The van der Waals surface area contributed by atoms with Crippen LogP contribution in [0.3, 0.4) is 0 Å². The molecule has 3 fully saturated rings. The van der Waals surface area contributed by atoms with E-state index in [-0.39, 0.29) is 18.0 Å². The van der Waals surface area contributed by atoms with Crippen molar-refractivity contribution in [3.8, 4) is 11.1 Å². The van der Waals surface area contributed by atoms with E-state index in [1.807, 2.05) is 46.0 Å². The number of hydrogen-bond donors (Lipinski definition) is 0. The number of rotatable bonds is 4. The van der Waals surface area contributed by atoms with Gasteiger partial charge in [0.1, 0.15) is 0 Å². The standard InChI is InChI=1S/C28H36N4O2/c1-21-5-7-22(8-6-21)23-9-11-24(12-10-23)27(33)29(2)25-13-17-31(19-25)28(34)32-18-14-26(20-32)30-15-3-4-16-30/h5-12,25-26H,3-4,13-20H2,1-2H3. The molecule has 2 aromatic carbocycles. The zero-order valence-electron chi connectivity index (χ0n) is 20.4. The first-order chi connectivity index (χ1) is 16.5. The molecule has 34 heavy (non-hydrogen) atoms. The summed E-state index contributed by atoms with van der Waals surface area (Å²) in [4.78, 5) is 34.6. The highest BCUT2D eigenvalue weighted by atomic mass is 16.2. The molecule has 0 aliphatic carbocycles. The van der Waals surface area contributed by atoms with Crippen molar-refractivity contribution >= 4 is 11.9 Å². The molecule has 180 valence electrons. The number of aryl methyl sites for hydroxylation is 1. The molecule has 0 aromatic heterocycles. The summed E-state index contributed by atoms with van der Waals surface area (Å²) in [5.41, 5.74) is 4.18. The molecule has 0 radical (unpaired) electrons. The maximum atomic E-state index is 13.2. The molecule has 3 aliphatic rings. The maximum Gasteiger partial charge on any atom is 0.320 e. The lowest BCUT2D eigenvalue weighted by Crippen LogP contribution is -2.45. The molecule has 6 heteroatoms.